The van der Waals surface area contributed by atoms with E-state index in [9.17, 15) is 24.6 Å². The van der Waals surface area contributed by atoms with E-state index in [0.29, 0.717) is 18.6 Å². The van der Waals surface area contributed by atoms with Gasteiger partial charge in [-0.05, 0) is 87.4 Å². The highest BCUT2D eigenvalue weighted by molar-refractivity contribution is 7.98. The van der Waals surface area contributed by atoms with Crippen molar-refractivity contribution in [1.29, 1.82) is 0 Å². The van der Waals surface area contributed by atoms with Gasteiger partial charge in [-0.2, -0.15) is 0 Å². The molecule has 0 aromatic heterocycles. The van der Waals surface area contributed by atoms with Gasteiger partial charge < -0.3 is 30.3 Å². The lowest BCUT2D eigenvalue weighted by Crippen LogP contribution is -2.63. The molecule has 9 nitrogen and oxygen atoms in total. The van der Waals surface area contributed by atoms with Crippen molar-refractivity contribution in [3.8, 4) is 0 Å². The first-order chi connectivity index (χ1) is 23.4. The van der Waals surface area contributed by atoms with E-state index in [1.807, 2.05) is 68.5 Å². The third kappa shape index (κ3) is 5.56. The first-order valence-electron chi connectivity index (χ1n) is 17.3. The number of ketones is 2. The monoisotopic (exact) mass is 686 g/mol. The minimum Gasteiger partial charge on any atom is -0.393 e. The maximum Gasteiger partial charge on any atom is 0.241 e. The van der Waals surface area contributed by atoms with Gasteiger partial charge in [0.05, 0.1) is 18.2 Å². The number of aliphatic hydroxyl groups excluding tert-OH is 2. The molecule has 0 radical (unpaired) electrons. The van der Waals surface area contributed by atoms with Crippen LogP contribution in [0.25, 0.3) is 0 Å². The van der Waals surface area contributed by atoms with E-state index in [0.717, 1.165) is 40.1 Å². The summed E-state index contributed by atoms with van der Waals surface area (Å²) in [6.45, 7) is 5.32. The average Bonchev–Trinajstić information content (AvgIpc) is 3.60. The Morgan fingerprint density at radius 1 is 1.14 bits per heavy atom. The lowest BCUT2D eigenvalue weighted by Gasteiger charge is -2.59. The van der Waals surface area contributed by atoms with Crippen molar-refractivity contribution in [2.45, 2.75) is 87.2 Å². The Morgan fingerprint density at radius 3 is 2.65 bits per heavy atom. The van der Waals surface area contributed by atoms with Crippen molar-refractivity contribution in [2.24, 2.45) is 28.6 Å². The Kier molecular flexibility index (Phi) is 9.03. The molecule has 1 saturated heterocycles. The Balaban J connectivity index is 1.07. The smallest absolute Gasteiger partial charge is 0.241 e. The molecule has 0 spiro atoms. The molecule has 2 aromatic carbocycles. The maximum absolute atomic E-state index is 13.8. The van der Waals surface area contributed by atoms with Crippen molar-refractivity contribution in [3.63, 3.8) is 0 Å². The number of nitrogens with one attached hydrogen (secondary N) is 2. The molecule has 260 valence electrons. The highest BCUT2D eigenvalue weighted by atomic mass is 32.2. The van der Waals surface area contributed by atoms with E-state index in [4.69, 9.17) is 9.47 Å². The first-order valence-corrected chi connectivity index (χ1v) is 18.3. The fourth-order valence-corrected chi connectivity index (χ4v) is 10.7. The fraction of sp³-hybridized carbons (Fsp3) is 0.513. The zero-order valence-corrected chi connectivity index (χ0v) is 29.3. The Bertz CT molecular complexity index is 1710. The number of Topliss-reactive ketones (excluding diaryl/α,β-unsaturated/α-hetero) is 1. The van der Waals surface area contributed by atoms with Gasteiger partial charge in [0.1, 0.15) is 6.61 Å². The van der Waals surface area contributed by atoms with E-state index in [2.05, 4.69) is 17.6 Å². The van der Waals surface area contributed by atoms with Gasteiger partial charge >= 0.3 is 0 Å². The van der Waals surface area contributed by atoms with Crippen LogP contribution in [0.3, 0.4) is 0 Å². The highest BCUT2D eigenvalue weighted by Crippen LogP contribution is 2.70. The first kappa shape index (κ1) is 34.3. The van der Waals surface area contributed by atoms with Crippen LogP contribution >= 0.6 is 11.8 Å². The van der Waals surface area contributed by atoms with Crippen molar-refractivity contribution in [1.82, 2.24) is 5.32 Å². The molecule has 3 saturated carbocycles. The summed E-state index contributed by atoms with van der Waals surface area (Å²) >= 11 is 1.66. The Hall–Kier alpha value is -3.12. The second-order valence-corrected chi connectivity index (χ2v) is 15.9. The normalized spacial score (nSPS) is 36.6. The number of ether oxygens (including phenoxy) is 2. The topological polar surface area (TPSA) is 134 Å². The molecule has 0 bridgehead atoms. The zero-order valence-electron chi connectivity index (χ0n) is 28.5. The molecule has 4 fully saturated rings. The third-order valence-electron chi connectivity index (χ3n) is 12.4. The van der Waals surface area contributed by atoms with Crippen LogP contribution in [0.15, 0.2) is 77.2 Å². The molecule has 1 heterocycles. The maximum atomic E-state index is 13.8. The molecular weight excluding hydrogens is 641 g/mol. The van der Waals surface area contributed by atoms with Gasteiger partial charge in [-0.3, -0.25) is 14.4 Å². The van der Waals surface area contributed by atoms with Crippen molar-refractivity contribution >= 4 is 34.9 Å². The number of rotatable bonds is 9. The Morgan fingerprint density at radius 2 is 1.92 bits per heavy atom. The van der Waals surface area contributed by atoms with Gasteiger partial charge in [-0.15, -0.1) is 11.8 Å². The number of hydrogen-bond donors (Lipinski definition) is 4. The number of hydrogen-bond acceptors (Lipinski definition) is 9. The van der Waals surface area contributed by atoms with E-state index >= 15 is 0 Å². The number of fused-ring (bicyclic) bond motifs is 7. The Labute approximate surface area is 291 Å². The summed E-state index contributed by atoms with van der Waals surface area (Å²) in [6.07, 6.45) is 5.84. The summed E-state index contributed by atoms with van der Waals surface area (Å²) in [5, 5.41) is 28.0. The van der Waals surface area contributed by atoms with Gasteiger partial charge in [0.2, 0.25) is 5.91 Å². The predicted molar refractivity (Wildman–Crippen MR) is 187 cm³/mol. The molecule has 10 atom stereocenters. The average molecular weight is 687 g/mol. The largest absolute Gasteiger partial charge is 0.393 e. The quantitative estimate of drug-likeness (QED) is 0.265. The molecule has 49 heavy (non-hydrogen) atoms. The van der Waals surface area contributed by atoms with Crippen molar-refractivity contribution in [3.05, 3.63) is 83.5 Å². The van der Waals surface area contributed by atoms with Crippen molar-refractivity contribution < 1.29 is 34.1 Å². The van der Waals surface area contributed by atoms with E-state index < -0.39 is 47.3 Å². The molecule has 10 heteroatoms. The zero-order chi connectivity index (χ0) is 34.7. The number of aliphatic hydroxyl groups is 2. The number of carbonyl (C=O) groups is 3. The molecule has 2 unspecified atom stereocenters. The highest BCUT2D eigenvalue weighted by Gasteiger charge is 2.75. The number of thioether (sulfide) groups is 1. The summed E-state index contributed by atoms with van der Waals surface area (Å²) in [5.41, 5.74) is 1.18. The molecule has 2 aromatic rings. The van der Waals surface area contributed by atoms with Crippen LogP contribution in [-0.4, -0.2) is 65.2 Å². The second-order valence-electron chi connectivity index (χ2n) is 14.9. The summed E-state index contributed by atoms with van der Waals surface area (Å²) < 4.78 is 13.3. The molecule has 5 aliphatic rings. The summed E-state index contributed by atoms with van der Waals surface area (Å²) in [4.78, 5) is 39.4. The van der Waals surface area contributed by atoms with Gasteiger partial charge in [0.25, 0.3) is 0 Å². The molecule has 7 rings (SSSR count). The number of carbonyl (C=O) groups excluding carboxylic acids is 3. The summed E-state index contributed by atoms with van der Waals surface area (Å²) in [5.74, 6) is 0.296. The van der Waals surface area contributed by atoms with E-state index in [1.165, 1.54) is 0 Å². The van der Waals surface area contributed by atoms with Gasteiger partial charge in [0.15, 0.2) is 23.5 Å². The molecule has 4 aliphatic carbocycles. The summed E-state index contributed by atoms with van der Waals surface area (Å²) in [7, 11) is 1.75. The SMILES string of the molecule is CN[C@@H](C)C(=O)Nc1cccc(SCc2ccc([C@@H]3O[C@@H]4CC5[C@@H]6CCC7=CC(=O)C=C[C@]7(C)C6[C@@H](O)C[C@]5(C)[C@]4(C(=O)CO)O3)cc2)c1. The minimum absolute atomic E-state index is 0.00401. The number of likely N-dealkylation sites (N-methyl/N-ethyl adjacent to an activating group) is 1. The standard InChI is InChI=1S/C39H46N2O7S/c1-22(40-4)35(46)41-26-6-5-7-28(17-26)49-21-23-8-10-24(11-9-23)36-47-33-18-30-29-13-12-25-16-27(43)14-15-37(25,2)34(29)31(44)19-38(30,3)39(33,48-36)32(45)20-42/h5-11,14-17,22,29-31,33-34,36,40,42,44H,12-13,18-21H2,1-4H3,(H,41,46)/t22-,29-,30?,31-,33+,34?,36+,37-,38-,39+/m0/s1. The van der Waals surface area contributed by atoms with Crippen LogP contribution in [-0.2, 0) is 29.6 Å². The fourth-order valence-electron chi connectivity index (χ4n) is 9.82. The number of allylic oxidation sites excluding steroid dienone is 4. The van der Waals surface area contributed by atoms with Crippen LogP contribution in [0, 0.1) is 28.6 Å². The predicted octanol–water partition coefficient (Wildman–Crippen LogP) is 5.13. The van der Waals surface area contributed by atoms with Gasteiger partial charge in [0, 0.05) is 38.6 Å². The van der Waals surface area contributed by atoms with E-state index in [1.54, 1.807) is 31.0 Å². The van der Waals surface area contributed by atoms with Crippen LogP contribution in [0.5, 0.6) is 0 Å². The molecular formula is C39H46N2O7S. The second kappa shape index (κ2) is 12.9. The molecule has 4 N–H and O–H groups in total. The molecule has 1 amide bonds. The number of amides is 1. The van der Waals surface area contributed by atoms with Crippen LogP contribution in [0.4, 0.5) is 5.69 Å². The number of benzene rings is 2. The van der Waals surface area contributed by atoms with Gasteiger partial charge in [-0.1, -0.05) is 55.8 Å². The third-order valence-corrected chi connectivity index (χ3v) is 13.4. The van der Waals surface area contributed by atoms with Crippen LogP contribution < -0.4 is 10.6 Å². The minimum atomic E-state index is -1.38. The lowest BCUT2D eigenvalue weighted by atomic mass is 9.46. The van der Waals surface area contributed by atoms with Crippen molar-refractivity contribution in [2.75, 3.05) is 19.0 Å². The molecule has 1 aliphatic heterocycles. The van der Waals surface area contributed by atoms with Crippen LogP contribution in [0.1, 0.15) is 63.9 Å². The van der Waals surface area contributed by atoms with Gasteiger partial charge in [-0.25, -0.2) is 0 Å². The summed E-state index contributed by atoms with van der Waals surface area (Å²) in [6, 6.07) is 15.5. The van der Waals surface area contributed by atoms with E-state index in [-0.39, 0.29) is 35.5 Å². The lowest BCUT2D eigenvalue weighted by molar-refractivity contribution is -0.201. The van der Waals surface area contributed by atoms with Crippen LogP contribution in [0.2, 0.25) is 0 Å². The number of anilines is 1.